The summed E-state index contributed by atoms with van der Waals surface area (Å²) in [5, 5.41) is 7.22. The van der Waals surface area contributed by atoms with Crippen LogP contribution in [-0.4, -0.2) is 10.4 Å². The molecule has 1 aliphatic heterocycles. The van der Waals surface area contributed by atoms with Crippen LogP contribution in [0.3, 0.4) is 0 Å². The fourth-order valence-corrected chi connectivity index (χ4v) is 4.91. The van der Waals surface area contributed by atoms with Gasteiger partial charge in [-0.05, 0) is 35.5 Å². The Labute approximate surface area is 184 Å². The number of anilines is 1. The number of nitrogens with one attached hydrogen (secondary N) is 2. The lowest BCUT2D eigenvalue weighted by atomic mass is 10.1. The van der Waals surface area contributed by atoms with Gasteiger partial charge in [-0.15, -0.1) is 0 Å². The van der Waals surface area contributed by atoms with Crippen molar-refractivity contribution in [2.24, 2.45) is 4.99 Å². The minimum Gasteiger partial charge on any atom is -0.346 e. The number of benzene rings is 3. The second-order valence-corrected chi connectivity index (χ2v) is 8.64. The molecule has 0 saturated heterocycles. The van der Waals surface area contributed by atoms with Crippen LogP contribution in [0, 0.1) is 3.95 Å². The molecule has 0 spiro atoms. The largest absolute Gasteiger partial charge is 0.346 e. The van der Waals surface area contributed by atoms with Gasteiger partial charge in [-0.3, -0.25) is 9.56 Å². The number of nitrogens with zero attached hydrogens (tertiary/aromatic N) is 2. The number of fused-ring (bicyclic) bond motifs is 1. The molecule has 4 aromatic rings. The molecule has 0 aliphatic carbocycles. The molecule has 0 bridgehead atoms. The van der Waals surface area contributed by atoms with Gasteiger partial charge in [-0.2, -0.15) is 0 Å². The summed E-state index contributed by atoms with van der Waals surface area (Å²) in [7, 11) is 0. The Morgan fingerprint density at radius 1 is 0.833 bits per heavy atom. The minimum absolute atomic E-state index is 0.0906. The fourth-order valence-electron chi connectivity index (χ4n) is 3.53. The van der Waals surface area contributed by atoms with Crippen molar-refractivity contribution in [2.75, 3.05) is 5.32 Å². The van der Waals surface area contributed by atoms with Gasteiger partial charge in [0, 0.05) is 5.69 Å². The van der Waals surface area contributed by atoms with Crippen molar-refractivity contribution >= 4 is 35.2 Å². The quantitative estimate of drug-likeness (QED) is 0.396. The van der Waals surface area contributed by atoms with Gasteiger partial charge < -0.3 is 10.6 Å². The number of rotatable bonds is 4. The van der Waals surface area contributed by atoms with Crippen molar-refractivity contribution in [3.05, 3.63) is 111 Å². The average Bonchev–Trinajstić information content (AvgIpc) is 3.15. The van der Waals surface area contributed by atoms with Gasteiger partial charge in [-0.1, -0.05) is 90.2 Å². The van der Waals surface area contributed by atoms with Gasteiger partial charge in [0.05, 0.1) is 6.54 Å². The maximum Gasteiger partial charge on any atom is 0.168 e. The zero-order valence-electron chi connectivity index (χ0n) is 16.2. The fraction of sp³-hybridized carbons (Fsp3) is 0.0833. The van der Waals surface area contributed by atoms with Crippen LogP contribution in [0.25, 0.3) is 5.69 Å². The number of para-hydroxylation sites is 1. The molecule has 2 heterocycles. The molecule has 0 saturated carbocycles. The van der Waals surface area contributed by atoms with Gasteiger partial charge in [-0.25, -0.2) is 0 Å². The van der Waals surface area contributed by atoms with Crippen molar-refractivity contribution in [1.29, 1.82) is 0 Å². The van der Waals surface area contributed by atoms with E-state index in [1.165, 1.54) is 5.56 Å². The van der Waals surface area contributed by atoms with Gasteiger partial charge in [0.1, 0.15) is 22.7 Å². The molecule has 148 valence electrons. The number of amidine groups is 1. The summed E-state index contributed by atoms with van der Waals surface area (Å²) >= 11 is 7.32. The standard InChI is InChI=1S/C24H20N4S2/c29-24-28(19-14-8-3-9-15-19)23-20(30-24)22(25-16-17-10-4-1-5-11-17)26-21(27-23)18-12-6-2-7-13-18/h1-15,21,27H,16H2,(H,25,26). The first-order valence-electron chi connectivity index (χ1n) is 9.77. The topological polar surface area (TPSA) is 41.4 Å². The van der Waals surface area contributed by atoms with E-state index in [9.17, 15) is 0 Å². The van der Waals surface area contributed by atoms with Gasteiger partial charge >= 0.3 is 0 Å². The molecule has 0 radical (unpaired) electrons. The predicted molar refractivity (Wildman–Crippen MR) is 127 cm³/mol. The number of aliphatic imine (C=N–C) groups is 1. The third kappa shape index (κ3) is 3.67. The molecule has 1 aliphatic rings. The highest BCUT2D eigenvalue weighted by Crippen LogP contribution is 2.34. The van der Waals surface area contributed by atoms with Crippen LogP contribution in [0.4, 0.5) is 5.82 Å². The highest BCUT2D eigenvalue weighted by atomic mass is 32.1. The lowest BCUT2D eigenvalue weighted by Gasteiger charge is -2.29. The second kappa shape index (κ2) is 8.26. The molecule has 4 nitrogen and oxygen atoms in total. The molecule has 1 unspecified atom stereocenters. The van der Waals surface area contributed by atoms with E-state index in [1.807, 2.05) is 54.6 Å². The molecule has 6 heteroatoms. The third-order valence-electron chi connectivity index (χ3n) is 5.00. The zero-order chi connectivity index (χ0) is 20.3. The molecular weight excluding hydrogens is 408 g/mol. The maximum atomic E-state index is 5.75. The molecule has 0 fully saturated rings. The zero-order valence-corrected chi connectivity index (χ0v) is 17.8. The molecule has 0 amide bonds. The number of hydrogen-bond acceptors (Lipinski definition) is 4. The Morgan fingerprint density at radius 2 is 1.47 bits per heavy atom. The van der Waals surface area contributed by atoms with Crippen molar-refractivity contribution in [1.82, 2.24) is 9.88 Å². The summed E-state index contributed by atoms with van der Waals surface area (Å²) in [4.78, 5) is 5.97. The third-order valence-corrected chi connectivity index (χ3v) is 6.38. The number of aromatic nitrogens is 1. The normalized spacial score (nSPS) is 16.5. The van der Waals surface area contributed by atoms with Crippen LogP contribution in [0.15, 0.2) is 96.0 Å². The first kappa shape index (κ1) is 18.8. The number of thiazole rings is 1. The van der Waals surface area contributed by atoms with E-state index in [1.54, 1.807) is 11.3 Å². The van der Waals surface area contributed by atoms with Crippen LogP contribution in [-0.2, 0) is 6.54 Å². The van der Waals surface area contributed by atoms with E-state index in [-0.39, 0.29) is 6.17 Å². The molecular formula is C24H20N4S2. The van der Waals surface area contributed by atoms with Crippen LogP contribution in [0.5, 0.6) is 0 Å². The van der Waals surface area contributed by atoms with Crippen LogP contribution < -0.4 is 10.6 Å². The Balaban J connectivity index is 1.61. The monoisotopic (exact) mass is 428 g/mol. The highest BCUT2D eigenvalue weighted by molar-refractivity contribution is 7.73. The Kier molecular flexibility index (Phi) is 5.17. The maximum absolute atomic E-state index is 5.75. The summed E-state index contributed by atoms with van der Waals surface area (Å²) in [6, 6.07) is 30.9. The average molecular weight is 429 g/mol. The highest BCUT2D eigenvalue weighted by Gasteiger charge is 2.28. The second-order valence-electron chi connectivity index (χ2n) is 7.00. The summed E-state index contributed by atoms with van der Waals surface area (Å²) in [6.07, 6.45) is -0.0906. The van der Waals surface area contributed by atoms with E-state index in [4.69, 9.17) is 17.2 Å². The Hall–Kier alpha value is -3.22. The minimum atomic E-state index is -0.0906. The SMILES string of the molecule is S=c1sc2c(n1-c1ccccc1)NC(c1ccccc1)NC2=NCc1ccccc1. The van der Waals surface area contributed by atoms with Crippen molar-refractivity contribution < 1.29 is 0 Å². The van der Waals surface area contributed by atoms with E-state index >= 15 is 0 Å². The summed E-state index contributed by atoms with van der Waals surface area (Å²) in [6.45, 7) is 0.611. The number of hydrogen-bond donors (Lipinski definition) is 2. The molecule has 2 N–H and O–H groups in total. The Bertz CT molecular complexity index is 1230. The Morgan fingerprint density at radius 3 is 2.17 bits per heavy atom. The van der Waals surface area contributed by atoms with Crippen molar-refractivity contribution in [2.45, 2.75) is 12.7 Å². The predicted octanol–water partition coefficient (Wildman–Crippen LogP) is 5.93. The van der Waals surface area contributed by atoms with Gasteiger partial charge in [0.2, 0.25) is 0 Å². The first-order valence-corrected chi connectivity index (χ1v) is 11.0. The first-order chi connectivity index (χ1) is 14.8. The van der Waals surface area contributed by atoms with Crippen molar-refractivity contribution in [3.63, 3.8) is 0 Å². The molecule has 3 aromatic carbocycles. The van der Waals surface area contributed by atoms with E-state index < -0.39 is 0 Å². The van der Waals surface area contributed by atoms with Crippen LogP contribution in [0.2, 0.25) is 0 Å². The summed E-state index contributed by atoms with van der Waals surface area (Å²) in [5.41, 5.74) is 3.37. The molecule has 5 rings (SSSR count). The van der Waals surface area contributed by atoms with E-state index in [2.05, 4.69) is 51.6 Å². The van der Waals surface area contributed by atoms with E-state index in [0.29, 0.717) is 6.54 Å². The summed E-state index contributed by atoms with van der Waals surface area (Å²) in [5.74, 6) is 1.85. The molecule has 1 atom stereocenters. The van der Waals surface area contributed by atoms with E-state index in [0.717, 1.165) is 31.7 Å². The smallest absolute Gasteiger partial charge is 0.168 e. The summed E-state index contributed by atoms with van der Waals surface area (Å²) < 4.78 is 2.89. The lowest BCUT2D eigenvalue weighted by molar-refractivity contribution is 0.708. The molecule has 1 aromatic heterocycles. The molecule has 30 heavy (non-hydrogen) atoms. The van der Waals surface area contributed by atoms with Crippen molar-refractivity contribution in [3.8, 4) is 5.69 Å². The van der Waals surface area contributed by atoms with Gasteiger partial charge in [0.15, 0.2) is 3.95 Å². The van der Waals surface area contributed by atoms with Gasteiger partial charge in [0.25, 0.3) is 0 Å². The lowest BCUT2D eigenvalue weighted by Crippen LogP contribution is -2.39. The van der Waals surface area contributed by atoms with Crippen LogP contribution >= 0.6 is 23.6 Å². The van der Waals surface area contributed by atoms with Crippen LogP contribution in [0.1, 0.15) is 22.2 Å².